The van der Waals surface area contributed by atoms with Gasteiger partial charge in [0.15, 0.2) is 0 Å². The molecule has 1 N–H and O–H groups in total. The van der Waals surface area contributed by atoms with Gasteiger partial charge in [0.1, 0.15) is 0 Å². The van der Waals surface area contributed by atoms with Gasteiger partial charge in [-0.05, 0) is 20.3 Å². The zero-order valence-electron chi connectivity index (χ0n) is 10.6. The van der Waals surface area contributed by atoms with Crippen molar-refractivity contribution in [3.05, 3.63) is 11.8 Å². The van der Waals surface area contributed by atoms with Crippen LogP contribution in [0.4, 0.5) is 5.95 Å². The first-order chi connectivity index (χ1) is 8.60. The van der Waals surface area contributed by atoms with Crippen molar-refractivity contribution in [1.82, 2.24) is 9.97 Å². The number of carbonyl (C=O) groups is 1. The Kier molecular flexibility index (Phi) is 3.64. The van der Waals surface area contributed by atoms with E-state index in [1.54, 1.807) is 6.07 Å². The Morgan fingerprint density at radius 3 is 3.00 bits per heavy atom. The zero-order valence-corrected chi connectivity index (χ0v) is 10.6. The molecule has 0 aromatic carbocycles. The maximum atomic E-state index is 10.9. The Bertz CT molecular complexity index is 450. The van der Waals surface area contributed by atoms with Gasteiger partial charge >= 0.3 is 5.97 Å². The van der Waals surface area contributed by atoms with E-state index >= 15 is 0 Å². The zero-order chi connectivity index (χ0) is 13.1. The van der Waals surface area contributed by atoms with Crippen LogP contribution < -0.4 is 9.64 Å². The van der Waals surface area contributed by atoms with Crippen molar-refractivity contribution >= 4 is 11.9 Å². The van der Waals surface area contributed by atoms with Crippen LogP contribution in [0.3, 0.4) is 0 Å². The van der Waals surface area contributed by atoms with E-state index in [0.717, 1.165) is 5.69 Å². The predicted octanol–water partition coefficient (Wildman–Crippen LogP) is 1.09. The van der Waals surface area contributed by atoms with E-state index in [1.165, 1.54) is 0 Å². The molecule has 1 aromatic rings. The minimum atomic E-state index is -0.754. The number of carboxylic acids is 1. The summed E-state index contributed by atoms with van der Waals surface area (Å²) in [5.74, 6) is 0.0146. The van der Waals surface area contributed by atoms with Crippen LogP contribution in [0.15, 0.2) is 6.07 Å². The SMILES string of the molecule is CCOc1cc(C)nc(N2CCC(C(=O)O)C2)n1. The number of nitrogens with zero attached hydrogens (tertiary/aromatic N) is 3. The summed E-state index contributed by atoms with van der Waals surface area (Å²) in [6.07, 6.45) is 0.636. The third-order valence-corrected chi connectivity index (χ3v) is 2.93. The van der Waals surface area contributed by atoms with Crippen LogP contribution >= 0.6 is 0 Å². The molecule has 1 atom stereocenters. The van der Waals surface area contributed by atoms with Crippen LogP contribution in [0.5, 0.6) is 5.88 Å². The van der Waals surface area contributed by atoms with Gasteiger partial charge in [0.2, 0.25) is 11.8 Å². The Morgan fingerprint density at radius 2 is 2.39 bits per heavy atom. The van der Waals surface area contributed by atoms with Gasteiger partial charge in [-0.15, -0.1) is 0 Å². The maximum absolute atomic E-state index is 10.9. The summed E-state index contributed by atoms with van der Waals surface area (Å²) in [7, 11) is 0. The molecular weight excluding hydrogens is 234 g/mol. The van der Waals surface area contributed by atoms with Gasteiger partial charge in [-0.2, -0.15) is 4.98 Å². The van der Waals surface area contributed by atoms with E-state index in [9.17, 15) is 4.79 Å². The fourth-order valence-electron chi connectivity index (χ4n) is 2.03. The second kappa shape index (κ2) is 5.20. The molecule has 0 radical (unpaired) electrons. The number of rotatable bonds is 4. The molecule has 1 aliphatic heterocycles. The Hall–Kier alpha value is -1.85. The Balaban J connectivity index is 2.16. The highest BCUT2D eigenvalue weighted by molar-refractivity contribution is 5.71. The van der Waals surface area contributed by atoms with Crippen molar-refractivity contribution in [3.63, 3.8) is 0 Å². The number of anilines is 1. The summed E-state index contributed by atoms with van der Waals surface area (Å²) in [4.78, 5) is 21.5. The average molecular weight is 251 g/mol. The number of ether oxygens (including phenoxy) is 1. The highest BCUT2D eigenvalue weighted by Crippen LogP contribution is 2.23. The van der Waals surface area contributed by atoms with Crippen LogP contribution in [0.1, 0.15) is 19.0 Å². The third kappa shape index (κ3) is 2.69. The van der Waals surface area contributed by atoms with E-state index in [0.29, 0.717) is 37.9 Å². The van der Waals surface area contributed by atoms with Crippen molar-refractivity contribution in [2.24, 2.45) is 5.92 Å². The number of hydrogen-bond donors (Lipinski definition) is 1. The van der Waals surface area contributed by atoms with Gasteiger partial charge in [0.05, 0.1) is 12.5 Å². The summed E-state index contributed by atoms with van der Waals surface area (Å²) in [5.41, 5.74) is 0.822. The number of aliphatic carboxylic acids is 1. The molecule has 1 aromatic heterocycles. The summed E-state index contributed by atoms with van der Waals surface area (Å²) in [6, 6.07) is 1.78. The molecule has 6 nitrogen and oxygen atoms in total. The molecule has 0 amide bonds. The van der Waals surface area contributed by atoms with E-state index in [-0.39, 0.29) is 5.92 Å². The van der Waals surface area contributed by atoms with Gasteiger partial charge in [-0.25, -0.2) is 4.98 Å². The van der Waals surface area contributed by atoms with E-state index in [4.69, 9.17) is 9.84 Å². The van der Waals surface area contributed by atoms with Crippen LogP contribution in [0.25, 0.3) is 0 Å². The molecule has 18 heavy (non-hydrogen) atoms. The predicted molar refractivity (Wildman–Crippen MR) is 65.9 cm³/mol. The lowest BCUT2D eigenvalue weighted by molar-refractivity contribution is -0.140. The first-order valence-electron chi connectivity index (χ1n) is 6.06. The molecule has 98 valence electrons. The second-order valence-corrected chi connectivity index (χ2v) is 4.35. The topological polar surface area (TPSA) is 75.5 Å². The Labute approximate surface area is 106 Å². The molecule has 1 unspecified atom stereocenters. The number of carboxylic acid groups (broad SMARTS) is 1. The summed E-state index contributed by atoms with van der Waals surface area (Å²) < 4.78 is 5.37. The maximum Gasteiger partial charge on any atom is 0.308 e. The third-order valence-electron chi connectivity index (χ3n) is 2.93. The molecule has 6 heteroatoms. The smallest absolute Gasteiger partial charge is 0.308 e. The second-order valence-electron chi connectivity index (χ2n) is 4.35. The molecule has 2 heterocycles. The molecule has 1 fully saturated rings. The van der Waals surface area contributed by atoms with Crippen LogP contribution in [-0.2, 0) is 4.79 Å². The monoisotopic (exact) mass is 251 g/mol. The van der Waals surface area contributed by atoms with E-state index in [1.807, 2.05) is 18.7 Å². The average Bonchev–Trinajstić information content (AvgIpc) is 2.78. The highest BCUT2D eigenvalue weighted by Gasteiger charge is 2.29. The first-order valence-corrected chi connectivity index (χ1v) is 6.06. The van der Waals surface area contributed by atoms with Crippen LogP contribution in [-0.4, -0.2) is 40.7 Å². The van der Waals surface area contributed by atoms with Crippen molar-refractivity contribution in [1.29, 1.82) is 0 Å². The Morgan fingerprint density at radius 1 is 1.61 bits per heavy atom. The van der Waals surface area contributed by atoms with E-state index < -0.39 is 5.97 Å². The van der Waals surface area contributed by atoms with Gasteiger partial charge in [-0.1, -0.05) is 0 Å². The lowest BCUT2D eigenvalue weighted by Crippen LogP contribution is -2.24. The molecule has 0 aliphatic carbocycles. The first kappa shape index (κ1) is 12.6. The molecule has 1 aliphatic rings. The molecule has 1 saturated heterocycles. The summed E-state index contributed by atoms with van der Waals surface area (Å²) in [6.45, 7) is 5.45. The van der Waals surface area contributed by atoms with Gasteiger partial charge < -0.3 is 14.7 Å². The normalized spacial score (nSPS) is 19.0. The molecule has 0 bridgehead atoms. The summed E-state index contributed by atoms with van der Waals surface area (Å²) >= 11 is 0. The lowest BCUT2D eigenvalue weighted by atomic mass is 10.1. The standard InChI is InChI=1S/C12H17N3O3/c1-3-18-10-6-8(2)13-12(14-10)15-5-4-9(7-15)11(16)17/h6,9H,3-5,7H2,1-2H3,(H,16,17). The van der Waals surface area contributed by atoms with Crippen molar-refractivity contribution in [2.45, 2.75) is 20.3 Å². The largest absolute Gasteiger partial charge is 0.481 e. The molecule has 0 saturated carbocycles. The van der Waals surface area contributed by atoms with Crippen molar-refractivity contribution < 1.29 is 14.6 Å². The van der Waals surface area contributed by atoms with Crippen LogP contribution in [0.2, 0.25) is 0 Å². The van der Waals surface area contributed by atoms with Gasteiger partial charge in [-0.3, -0.25) is 4.79 Å². The van der Waals surface area contributed by atoms with Crippen molar-refractivity contribution in [3.8, 4) is 5.88 Å². The lowest BCUT2D eigenvalue weighted by Gasteiger charge is -2.16. The fourth-order valence-corrected chi connectivity index (χ4v) is 2.03. The van der Waals surface area contributed by atoms with Gasteiger partial charge in [0, 0.05) is 24.8 Å². The number of aromatic nitrogens is 2. The highest BCUT2D eigenvalue weighted by atomic mass is 16.5. The number of hydrogen-bond acceptors (Lipinski definition) is 5. The van der Waals surface area contributed by atoms with Gasteiger partial charge in [0.25, 0.3) is 0 Å². The minimum Gasteiger partial charge on any atom is -0.481 e. The molecule has 0 spiro atoms. The molecule has 2 rings (SSSR count). The minimum absolute atomic E-state index is 0.329. The number of aryl methyl sites for hydroxylation is 1. The van der Waals surface area contributed by atoms with Crippen LogP contribution in [0, 0.1) is 12.8 Å². The van der Waals surface area contributed by atoms with Crippen molar-refractivity contribution in [2.75, 3.05) is 24.6 Å². The fraction of sp³-hybridized carbons (Fsp3) is 0.583. The summed E-state index contributed by atoms with van der Waals surface area (Å²) in [5, 5.41) is 8.98. The van der Waals surface area contributed by atoms with E-state index in [2.05, 4.69) is 9.97 Å². The molecular formula is C12H17N3O3. The quantitative estimate of drug-likeness (QED) is 0.863.